The zero-order valence-electron chi connectivity index (χ0n) is 15.0. The third-order valence-corrected chi connectivity index (χ3v) is 4.91. The lowest BCUT2D eigenvalue weighted by molar-refractivity contribution is -0.384. The van der Waals surface area contributed by atoms with E-state index in [4.69, 9.17) is 4.98 Å². The average Bonchev–Trinajstić information content (AvgIpc) is 3.22. The van der Waals surface area contributed by atoms with Crippen molar-refractivity contribution in [2.75, 3.05) is 18.0 Å². The molecule has 1 aromatic carbocycles. The number of aryl methyl sites for hydroxylation is 1. The molecule has 2 aromatic heterocycles. The summed E-state index contributed by atoms with van der Waals surface area (Å²) in [5.74, 6) is 1.50. The van der Waals surface area contributed by atoms with Gasteiger partial charge in [0.2, 0.25) is 0 Å². The molecule has 0 aliphatic carbocycles. The third-order valence-electron chi connectivity index (χ3n) is 4.91. The number of imidazole rings is 1. The highest BCUT2D eigenvalue weighted by Gasteiger charge is 2.22. The Bertz CT molecular complexity index is 931. The number of aromatic nitrogens is 4. The zero-order chi connectivity index (χ0) is 18.8. The maximum absolute atomic E-state index is 10.8. The van der Waals surface area contributed by atoms with Crippen molar-refractivity contribution in [3.8, 4) is 11.4 Å². The Morgan fingerprint density at radius 2 is 1.89 bits per heavy atom. The van der Waals surface area contributed by atoms with Gasteiger partial charge in [-0.2, -0.15) is 0 Å². The third kappa shape index (κ3) is 3.64. The van der Waals surface area contributed by atoms with Crippen LogP contribution in [0.2, 0.25) is 0 Å². The Balaban J connectivity index is 1.53. The van der Waals surface area contributed by atoms with E-state index in [1.807, 2.05) is 31.7 Å². The second-order valence-corrected chi connectivity index (χ2v) is 6.72. The Morgan fingerprint density at radius 1 is 1.15 bits per heavy atom. The van der Waals surface area contributed by atoms with Crippen LogP contribution in [0.1, 0.15) is 24.6 Å². The molecular formula is C19H20N6O2. The minimum Gasteiger partial charge on any atom is -0.356 e. The second-order valence-electron chi connectivity index (χ2n) is 6.72. The molecule has 0 atom stereocenters. The molecule has 1 aliphatic rings. The largest absolute Gasteiger partial charge is 0.356 e. The molecule has 1 fully saturated rings. The molecule has 0 radical (unpaired) electrons. The summed E-state index contributed by atoms with van der Waals surface area (Å²) in [6, 6.07) is 8.83. The van der Waals surface area contributed by atoms with E-state index in [9.17, 15) is 10.1 Å². The van der Waals surface area contributed by atoms with Crippen LogP contribution in [0.3, 0.4) is 0 Å². The number of nitro groups is 1. The van der Waals surface area contributed by atoms with Crippen molar-refractivity contribution < 1.29 is 4.92 Å². The van der Waals surface area contributed by atoms with Gasteiger partial charge in [-0.05, 0) is 31.9 Å². The molecule has 0 amide bonds. The first kappa shape index (κ1) is 17.1. The predicted octanol–water partition coefficient (Wildman–Crippen LogP) is 3.40. The van der Waals surface area contributed by atoms with Crippen LogP contribution >= 0.6 is 0 Å². The lowest BCUT2D eigenvalue weighted by Crippen LogP contribution is -2.35. The van der Waals surface area contributed by atoms with Crippen molar-refractivity contribution in [1.29, 1.82) is 0 Å². The highest BCUT2D eigenvalue weighted by Crippen LogP contribution is 2.27. The van der Waals surface area contributed by atoms with Gasteiger partial charge in [0, 0.05) is 61.0 Å². The predicted molar refractivity (Wildman–Crippen MR) is 102 cm³/mol. The fourth-order valence-electron chi connectivity index (χ4n) is 3.45. The van der Waals surface area contributed by atoms with Gasteiger partial charge in [0.15, 0.2) is 5.82 Å². The van der Waals surface area contributed by atoms with Crippen molar-refractivity contribution in [2.45, 2.75) is 25.8 Å². The van der Waals surface area contributed by atoms with E-state index in [2.05, 4.69) is 19.4 Å². The Labute approximate surface area is 156 Å². The smallest absolute Gasteiger partial charge is 0.269 e. The number of hydrogen-bond donors (Lipinski definition) is 0. The van der Waals surface area contributed by atoms with Crippen LogP contribution < -0.4 is 4.90 Å². The summed E-state index contributed by atoms with van der Waals surface area (Å²) in [4.78, 5) is 26.1. The summed E-state index contributed by atoms with van der Waals surface area (Å²) in [7, 11) is 0. The van der Waals surface area contributed by atoms with Crippen LogP contribution in [0.5, 0.6) is 0 Å². The Morgan fingerprint density at radius 3 is 2.52 bits per heavy atom. The first-order chi connectivity index (χ1) is 13.1. The molecular weight excluding hydrogens is 344 g/mol. The van der Waals surface area contributed by atoms with Crippen molar-refractivity contribution in [2.24, 2.45) is 0 Å². The molecule has 3 heterocycles. The SMILES string of the molecule is Cc1cc(N2CCC(n3ccnc3)CC2)nc(-c2ccc([N+](=O)[O-])cc2)n1. The number of piperidine rings is 1. The number of nitro benzene ring substituents is 1. The van der Waals surface area contributed by atoms with E-state index in [1.54, 1.807) is 12.1 Å². The van der Waals surface area contributed by atoms with E-state index in [0.717, 1.165) is 43.0 Å². The number of benzene rings is 1. The second kappa shape index (κ2) is 7.14. The standard InChI is InChI=1S/C19H20N6O2/c1-14-12-18(23-9-6-16(7-10-23)24-11-8-20-13-24)22-19(21-14)15-2-4-17(5-3-15)25(26)27/h2-5,8,11-13,16H,6-7,9-10H2,1H3. The van der Waals surface area contributed by atoms with Gasteiger partial charge in [0.05, 0.1) is 11.3 Å². The number of nitrogens with zero attached hydrogens (tertiary/aromatic N) is 6. The molecule has 0 N–H and O–H groups in total. The van der Waals surface area contributed by atoms with Crippen LogP contribution in [0.15, 0.2) is 49.1 Å². The highest BCUT2D eigenvalue weighted by atomic mass is 16.6. The van der Waals surface area contributed by atoms with Gasteiger partial charge >= 0.3 is 0 Å². The van der Waals surface area contributed by atoms with Crippen LogP contribution in [0, 0.1) is 17.0 Å². The molecule has 0 bridgehead atoms. The highest BCUT2D eigenvalue weighted by molar-refractivity contribution is 5.60. The minimum absolute atomic E-state index is 0.0631. The normalized spacial score (nSPS) is 15.1. The van der Waals surface area contributed by atoms with Crippen LogP contribution in [0.25, 0.3) is 11.4 Å². The van der Waals surface area contributed by atoms with Gasteiger partial charge in [-0.3, -0.25) is 10.1 Å². The molecule has 27 heavy (non-hydrogen) atoms. The zero-order valence-corrected chi connectivity index (χ0v) is 15.0. The molecule has 8 heteroatoms. The number of hydrogen-bond acceptors (Lipinski definition) is 6. The topological polar surface area (TPSA) is 90.0 Å². The molecule has 8 nitrogen and oxygen atoms in total. The lowest BCUT2D eigenvalue weighted by atomic mass is 10.0. The van der Waals surface area contributed by atoms with E-state index >= 15 is 0 Å². The maximum atomic E-state index is 10.8. The van der Waals surface area contributed by atoms with Crippen molar-refractivity contribution in [3.05, 3.63) is 64.9 Å². The molecule has 138 valence electrons. The van der Waals surface area contributed by atoms with E-state index in [0.29, 0.717) is 11.9 Å². The number of non-ortho nitro benzene ring substituents is 1. The van der Waals surface area contributed by atoms with Crippen LogP contribution in [-0.2, 0) is 0 Å². The van der Waals surface area contributed by atoms with Crippen molar-refractivity contribution in [3.63, 3.8) is 0 Å². The molecule has 1 saturated heterocycles. The van der Waals surface area contributed by atoms with E-state index in [-0.39, 0.29) is 5.69 Å². The molecule has 0 unspecified atom stereocenters. The number of rotatable bonds is 4. The summed E-state index contributed by atoms with van der Waals surface area (Å²) < 4.78 is 2.17. The summed E-state index contributed by atoms with van der Waals surface area (Å²) in [6.45, 7) is 3.77. The monoisotopic (exact) mass is 364 g/mol. The van der Waals surface area contributed by atoms with Crippen molar-refractivity contribution >= 4 is 11.5 Å². The Kier molecular flexibility index (Phi) is 4.53. The fraction of sp³-hybridized carbons (Fsp3) is 0.316. The summed E-state index contributed by atoms with van der Waals surface area (Å²) in [5, 5.41) is 10.8. The summed E-state index contributed by atoms with van der Waals surface area (Å²) in [6.07, 6.45) is 7.78. The minimum atomic E-state index is -0.406. The summed E-state index contributed by atoms with van der Waals surface area (Å²) >= 11 is 0. The van der Waals surface area contributed by atoms with Gasteiger partial charge < -0.3 is 9.47 Å². The van der Waals surface area contributed by atoms with E-state index in [1.165, 1.54) is 12.1 Å². The molecule has 0 spiro atoms. The van der Waals surface area contributed by atoms with Gasteiger partial charge in [0.1, 0.15) is 5.82 Å². The molecule has 3 aromatic rings. The quantitative estimate of drug-likeness (QED) is 0.521. The van der Waals surface area contributed by atoms with Crippen LogP contribution in [-0.4, -0.2) is 37.5 Å². The lowest BCUT2D eigenvalue weighted by Gasteiger charge is -2.33. The van der Waals surface area contributed by atoms with Gasteiger partial charge in [-0.1, -0.05) is 0 Å². The van der Waals surface area contributed by atoms with Crippen molar-refractivity contribution in [1.82, 2.24) is 19.5 Å². The van der Waals surface area contributed by atoms with Gasteiger partial charge in [-0.25, -0.2) is 15.0 Å². The van der Waals surface area contributed by atoms with E-state index < -0.39 is 4.92 Å². The average molecular weight is 364 g/mol. The van der Waals surface area contributed by atoms with Crippen LogP contribution in [0.4, 0.5) is 11.5 Å². The molecule has 0 saturated carbocycles. The molecule has 4 rings (SSSR count). The summed E-state index contributed by atoms with van der Waals surface area (Å²) in [5.41, 5.74) is 1.72. The molecule has 1 aliphatic heterocycles. The first-order valence-electron chi connectivity index (χ1n) is 8.93. The van der Waals surface area contributed by atoms with Gasteiger partial charge in [0.25, 0.3) is 5.69 Å². The number of anilines is 1. The van der Waals surface area contributed by atoms with Gasteiger partial charge in [-0.15, -0.1) is 0 Å². The Hall–Kier alpha value is -3.29. The fourth-order valence-corrected chi connectivity index (χ4v) is 3.45. The maximum Gasteiger partial charge on any atom is 0.269 e. The first-order valence-corrected chi connectivity index (χ1v) is 8.93.